The summed E-state index contributed by atoms with van der Waals surface area (Å²) >= 11 is 0. The molecule has 106 valence electrons. The normalized spacial score (nSPS) is 23.7. The second kappa shape index (κ2) is 6.22. The molecule has 0 bridgehead atoms. The lowest BCUT2D eigenvalue weighted by Gasteiger charge is -2.29. The Bertz CT molecular complexity index is 418. The molecule has 0 atom stereocenters. The Balaban J connectivity index is 1.82. The molecule has 0 amide bonds. The number of rotatable bonds is 5. The van der Waals surface area contributed by atoms with Gasteiger partial charge in [0, 0.05) is 0 Å². The minimum Gasteiger partial charge on any atom is -0.478 e. The van der Waals surface area contributed by atoms with E-state index in [1.54, 1.807) is 4.57 Å². The predicted molar refractivity (Wildman–Crippen MR) is 72.5 cm³/mol. The van der Waals surface area contributed by atoms with Gasteiger partial charge in [-0.25, -0.2) is 13.9 Å². The van der Waals surface area contributed by atoms with E-state index < -0.39 is 5.97 Å². The zero-order chi connectivity index (χ0) is 13.8. The number of carboxylic acids is 1. The molecule has 2 rings (SSSR count). The number of nitrogens with zero attached hydrogens (tertiary/aromatic N) is 2. The van der Waals surface area contributed by atoms with Gasteiger partial charge >= 0.3 is 5.97 Å². The fourth-order valence-corrected chi connectivity index (χ4v) is 3.13. The van der Waals surface area contributed by atoms with Crippen LogP contribution in [-0.2, 0) is 17.9 Å². The van der Waals surface area contributed by atoms with Crippen molar-refractivity contribution in [3.05, 3.63) is 18.7 Å². The van der Waals surface area contributed by atoms with Gasteiger partial charge in [0.05, 0.1) is 6.54 Å². The molecule has 4 heteroatoms. The number of carboxylic acid groups (broad SMARTS) is 1. The molecule has 1 fully saturated rings. The van der Waals surface area contributed by atoms with Crippen LogP contribution in [0.1, 0.15) is 39.5 Å². The van der Waals surface area contributed by atoms with Crippen molar-refractivity contribution in [3.8, 4) is 0 Å². The lowest BCUT2D eigenvalue weighted by molar-refractivity contribution is -0.685. The first-order chi connectivity index (χ1) is 9.04. The average molecular weight is 265 g/mol. The highest BCUT2D eigenvalue weighted by Crippen LogP contribution is 2.33. The Kier molecular flexibility index (Phi) is 4.61. The highest BCUT2D eigenvalue weighted by atomic mass is 16.4. The van der Waals surface area contributed by atoms with Gasteiger partial charge in [0.25, 0.3) is 0 Å². The van der Waals surface area contributed by atoms with E-state index in [4.69, 9.17) is 5.11 Å². The molecule has 19 heavy (non-hydrogen) atoms. The van der Waals surface area contributed by atoms with E-state index in [0.717, 1.165) is 24.3 Å². The van der Waals surface area contributed by atoms with Crippen LogP contribution in [0.5, 0.6) is 0 Å². The van der Waals surface area contributed by atoms with Crippen LogP contribution in [-0.4, -0.2) is 15.6 Å². The second-order valence-corrected chi connectivity index (χ2v) is 6.20. The van der Waals surface area contributed by atoms with E-state index in [1.165, 1.54) is 25.7 Å². The van der Waals surface area contributed by atoms with E-state index >= 15 is 0 Å². The number of aromatic nitrogens is 2. The highest BCUT2D eigenvalue weighted by Gasteiger charge is 2.24. The number of imidazole rings is 1. The first-order valence-electron chi connectivity index (χ1n) is 7.31. The molecule has 1 aliphatic carbocycles. The fraction of sp³-hybridized carbons (Fsp3) is 0.733. The molecule has 1 heterocycles. The number of aliphatic carboxylic acids is 1. The van der Waals surface area contributed by atoms with Gasteiger partial charge < -0.3 is 5.11 Å². The molecule has 1 aromatic heterocycles. The molecule has 0 aliphatic heterocycles. The summed E-state index contributed by atoms with van der Waals surface area (Å²) < 4.78 is 3.85. The predicted octanol–water partition coefficient (Wildman–Crippen LogP) is 2.32. The van der Waals surface area contributed by atoms with E-state index in [2.05, 4.69) is 18.4 Å². The topological polar surface area (TPSA) is 46.1 Å². The van der Waals surface area contributed by atoms with Crippen LogP contribution in [0.25, 0.3) is 0 Å². The first kappa shape index (κ1) is 14.1. The molecule has 1 aromatic rings. The lowest BCUT2D eigenvalue weighted by Crippen LogP contribution is -2.35. The summed E-state index contributed by atoms with van der Waals surface area (Å²) in [5, 5.41) is 8.75. The van der Waals surface area contributed by atoms with E-state index in [-0.39, 0.29) is 6.54 Å². The smallest absolute Gasteiger partial charge is 0.346 e. The van der Waals surface area contributed by atoms with Gasteiger partial charge in [-0.3, -0.25) is 0 Å². The van der Waals surface area contributed by atoms with Crippen molar-refractivity contribution < 1.29 is 14.5 Å². The van der Waals surface area contributed by atoms with Crippen LogP contribution in [0.15, 0.2) is 18.7 Å². The van der Waals surface area contributed by atoms with Crippen LogP contribution in [0, 0.1) is 17.8 Å². The van der Waals surface area contributed by atoms with Crippen LogP contribution < -0.4 is 4.57 Å². The molecule has 1 saturated carbocycles. The molecule has 0 aromatic carbocycles. The van der Waals surface area contributed by atoms with Gasteiger partial charge in [-0.15, -0.1) is 0 Å². The summed E-state index contributed by atoms with van der Waals surface area (Å²) in [4.78, 5) is 10.6. The van der Waals surface area contributed by atoms with Crippen LogP contribution in [0.2, 0.25) is 0 Å². The third-order valence-corrected chi connectivity index (χ3v) is 4.37. The molecule has 4 nitrogen and oxygen atoms in total. The molecule has 0 unspecified atom stereocenters. The van der Waals surface area contributed by atoms with Crippen LogP contribution >= 0.6 is 0 Å². The summed E-state index contributed by atoms with van der Waals surface area (Å²) in [6, 6.07) is 0. The molecule has 0 spiro atoms. The van der Waals surface area contributed by atoms with Crippen LogP contribution in [0.3, 0.4) is 0 Å². The average Bonchev–Trinajstić information content (AvgIpc) is 2.76. The van der Waals surface area contributed by atoms with Crippen LogP contribution in [0.4, 0.5) is 0 Å². The Labute approximate surface area is 115 Å². The number of carbonyl (C=O) groups is 1. The molecular weight excluding hydrogens is 240 g/mol. The third-order valence-electron chi connectivity index (χ3n) is 4.37. The molecule has 1 N–H and O–H groups in total. The van der Waals surface area contributed by atoms with Gasteiger partial charge in [-0.1, -0.05) is 13.8 Å². The summed E-state index contributed by atoms with van der Waals surface area (Å²) in [5.41, 5.74) is 0. The van der Waals surface area contributed by atoms with E-state index in [9.17, 15) is 4.79 Å². The largest absolute Gasteiger partial charge is 0.478 e. The molecular formula is C15H25N2O2+. The molecule has 0 saturated heterocycles. The molecule has 0 radical (unpaired) electrons. The van der Waals surface area contributed by atoms with Gasteiger partial charge in [0.2, 0.25) is 6.33 Å². The van der Waals surface area contributed by atoms with Crippen molar-refractivity contribution in [2.24, 2.45) is 17.8 Å². The van der Waals surface area contributed by atoms with Crippen molar-refractivity contribution in [1.29, 1.82) is 0 Å². The molecule has 1 aliphatic rings. The summed E-state index contributed by atoms with van der Waals surface area (Å²) in [6.07, 6.45) is 11.0. The fourth-order valence-electron chi connectivity index (χ4n) is 3.13. The van der Waals surface area contributed by atoms with Crippen molar-refractivity contribution >= 4 is 5.97 Å². The SMILES string of the molecule is CC(C)C1CCC(Cn2cc[n+](CC(=O)O)c2)CC1. The quantitative estimate of drug-likeness (QED) is 0.831. The Morgan fingerprint density at radius 2 is 2.05 bits per heavy atom. The van der Waals surface area contributed by atoms with Gasteiger partial charge in [-0.2, -0.15) is 0 Å². The summed E-state index contributed by atoms with van der Waals surface area (Å²) in [6.45, 7) is 5.72. The highest BCUT2D eigenvalue weighted by molar-refractivity contribution is 5.64. The second-order valence-electron chi connectivity index (χ2n) is 6.20. The zero-order valence-corrected chi connectivity index (χ0v) is 12.0. The minimum atomic E-state index is -0.791. The monoisotopic (exact) mass is 265 g/mol. The zero-order valence-electron chi connectivity index (χ0n) is 12.0. The number of hydrogen-bond acceptors (Lipinski definition) is 1. The Morgan fingerprint density at radius 1 is 1.37 bits per heavy atom. The lowest BCUT2D eigenvalue weighted by atomic mass is 9.77. The van der Waals surface area contributed by atoms with Crippen molar-refractivity contribution in [3.63, 3.8) is 0 Å². The summed E-state index contributed by atoms with van der Waals surface area (Å²) in [7, 11) is 0. The summed E-state index contributed by atoms with van der Waals surface area (Å²) in [5.74, 6) is 1.67. The van der Waals surface area contributed by atoms with E-state index in [1.807, 2.05) is 18.7 Å². The van der Waals surface area contributed by atoms with Crippen molar-refractivity contribution in [2.75, 3.05) is 0 Å². The minimum absolute atomic E-state index is 0.0487. The van der Waals surface area contributed by atoms with Crippen molar-refractivity contribution in [2.45, 2.75) is 52.6 Å². The maximum Gasteiger partial charge on any atom is 0.346 e. The van der Waals surface area contributed by atoms with E-state index in [0.29, 0.717) is 0 Å². The number of hydrogen-bond donors (Lipinski definition) is 1. The Hall–Kier alpha value is -1.32. The third kappa shape index (κ3) is 4.08. The Morgan fingerprint density at radius 3 is 2.63 bits per heavy atom. The van der Waals surface area contributed by atoms with Gasteiger partial charge in [-0.05, 0) is 43.4 Å². The van der Waals surface area contributed by atoms with Crippen molar-refractivity contribution in [1.82, 2.24) is 4.57 Å². The van der Waals surface area contributed by atoms with Gasteiger partial charge in [0.1, 0.15) is 12.4 Å². The standard InChI is InChI=1S/C15H24N2O2/c1-12(2)14-5-3-13(4-6-14)9-16-7-8-17(11-16)10-15(18)19/h7-8,11-14H,3-6,9-10H2,1-2H3/p+1. The maximum absolute atomic E-state index is 10.6. The maximum atomic E-state index is 10.6. The first-order valence-corrected chi connectivity index (χ1v) is 7.31. The van der Waals surface area contributed by atoms with Gasteiger partial charge in [0.15, 0.2) is 6.54 Å².